The number of ether oxygens (including phenoxy) is 2. The van der Waals surface area contributed by atoms with Crippen molar-refractivity contribution >= 4 is 16.9 Å². The van der Waals surface area contributed by atoms with Crippen LogP contribution in [0.2, 0.25) is 0 Å². The highest BCUT2D eigenvalue weighted by atomic mass is 16.5. The molecule has 1 aromatic carbocycles. The van der Waals surface area contributed by atoms with Crippen molar-refractivity contribution < 1.29 is 19.4 Å². The minimum atomic E-state index is -0.919. The van der Waals surface area contributed by atoms with Crippen LogP contribution in [0, 0.1) is 6.92 Å². The van der Waals surface area contributed by atoms with Crippen LogP contribution in [-0.2, 0) is 11.2 Å². The van der Waals surface area contributed by atoms with Crippen LogP contribution in [0.25, 0.3) is 10.9 Å². The fraction of sp³-hybridized carbons (Fsp3) is 0.444. The van der Waals surface area contributed by atoms with E-state index in [1.54, 1.807) is 19.2 Å². The minimum absolute atomic E-state index is 0.0764. The number of nitrogens with zero attached hydrogens (tertiary/aromatic N) is 1. The molecule has 0 aliphatic rings. The molecule has 6 nitrogen and oxygen atoms in total. The van der Waals surface area contributed by atoms with Gasteiger partial charge in [-0.1, -0.05) is 0 Å². The first-order chi connectivity index (χ1) is 11.3. The van der Waals surface area contributed by atoms with Gasteiger partial charge in [0, 0.05) is 35.2 Å². The number of aromatic nitrogens is 1. The summed E-state index contributed by atoms with van der Waals surface area (Å²) in [5.74, 6) is 0.110. The average Bonchev–Trinajstić information content (AvgIpc) is 2.53. The van der Waals surface area contributed by atoms with Crippen LogP contribution >= 0.6 is 0 Å². The lowest BCUT2D eigenvalue weighted by molar-refractivity contribution is -0.136. The average molecular weight is 333 g/mol. The molecule has 0 amide bonds. The van der Waals surface area contributed by atoms with Crippen molar-refractivity contribution in [3.8, 4) is 11.5 Å². The number of rotatable bonds is 6. The summed E-state index contributed by atoms with van der Waals surface area (Å²) >= 11 is 0. The molecular formula is C18H23NO5. The fourth-order valence-corrected chi connectivity index (χ4v) is 3.09. The van der Waals surface area contributed by atoms with Gasteiger partial charge in [0.2, 0.25) is 0 Å². The fourth-order valence-electron chi connectivity index (χ4n) is 3.09. The van der Waals surface area contributed by atoms with E-state index in [2.05, 4.69) is 0 Å². The van der Waals surface area contributed by atoms with E-state index in [0.29, 0.717) is 22.4 Å². The summed E-state index contributed by atoms with van der Waals surface area (Å²) in [6, 6.07) is 3.57. The van der Waals surface area contributed by atoms with Gasteiger partial charge in [0.25, 0.3) is 0 Å². The Balaban J connectivity index is 2.86. The number of fused-ring (bicyclic) bond motifs is 1. The number of aliphatic carboxylic acids is 1. The van der Waals surface area contributed by atoms with E-state index < -0.39 is 5.97 Å². The van der Waals surface area contributed by atoms with Gasteiger partial charge in [-0.05, 0) is 33.3 Å². The molecule has 130 valence electrons. The highest BCUT2D eigenvalue weighted by Gasteiger charge is 2.19. The van der Waals surface area contributed by atoms with Crippen LogP contribution < -0.4 is 14.9 Å². The van der Waals surface area contributed by atoms with E-state index in [0.717, 1.165) is 11.2 Å². The topological polar surface area (TPSA) is 77.8 Å². The van der Waals surface area contributed by atoms with Crippen molar-refractivity contribution in [3.63, 3.8) is 0 Å². The van der Waals surface area contributed by atoms with Gasteiger partial charge in [0.1, 0.15) is 0 Å². The minimum Gasteiger partial charge on any atom is -0.493 e. The van der Waals surface area contributed by atoms with E-state index in [9.17, 15) is 9.59 Å². The Bertz CT molecular complexity index is 836. The lowest BCUT2D eigenvalue weighted by atomic mass is 10.0. The molecule has 0 spiro atoms. The Kier molecular flexibility index (Phi) is 5.17. The standard InChI is InChI=1S/C18H23NO5/c1-10(2)19-11(3)12(6-7-17(20)21)18(22)13-8-15(23-4)16(24-5)9-14(13)19/h8-10H,6-7H2,1-5H3,(H,20,21). The van der Waals surface area contributed by atoms with Crippen molar-refractivity contribution in [2.24, 2.45) is 0 Å². The number of benzene rings is 1. The molecule has 0 atom stereocenters. The highest BCUT2D eigenvalue weighted by Crippen LogP contribution is 2.33. The predicted octanol–water partition coefficient (Wildman–Crippen LogP) is 2.93. The Hall–Kier alpha value is -2.50. The summed E-state index contributed by atoms with van der Waals surface area (Å²) in [4.78, 5) is 23.8. The van der Waals surface area contributed by atoms with Gasteiger partial charge in [-0.3, -0.25) is 9.59 Å². The maximum atomic E-state index is 12.9. The molecule has 1 heterocycles. The highest BCUT2D eigenvalue weighted by molar-refractivity contribution is 5.84. The Morgan fingerprint density at radius 1 is 1.21 bits per heavy atom. The number of hydrogen-bond donors (Lipinski definition) is 1. The molecule has 2 rings (SSSR count). The molecule has 1 N–H and O–H groups in total. The molecular weight excluding hydrogens is 310 g/mol. The molecule has 24 heavy (non-hydrogen) atoms. The van der Waals surface area contributed by atoms with E-state index in [1.165, 1.54) is 7.11 Å². The maximum absolute atomic E-state index is 12.9. The summed E-state index contributed by atoms with van der Waals surface area (Å²) in [5.41, 5.74) is 1.92. The van der Waals surface area contributed by atoms with Crippen molar-refractivity contribution in [1.29, 1.82) is 0 Å². The van der Waals surface area contributed by atoms with Crippen molar-refractivity contribution in [2.45, 2.75) is 39.7 Å². The van der Waals surface area contributed by atoms with E-state index in [1.807, 2.05) is 25.3 Å². The van der Waals surface area contributed by atoms with Crippen LogP contribution in [0.3, 0.4) is 0 Å². The first kappa shape index (κ1) is 17.8. The monoisotopic (exact) mass is 333 g/mol. The smallest absolute Gasteiger partial charge is 0.303 e. The first-order valence-electron chi connectivity index (χ1n) is 7.83. The zero-order chi connectivity index (χ0) is 18.0. The molecule has 0 aliphatic carbocycles. The number of carbonyl (C=O) groups is 1. The summed E-state index contributed by atoms with van der Waals surface area (Å²) in [6.45, 7) is 5.90. The third kappa shape index (κ3) is 3.09. The van der Waals surface area contributed by atoms with E-state index in [4.69, 9.17) is 14.6 Å². The Labute approximate surface area is 140 Å². The van der Waals surface area contributed by atoms with Crippen molar-refractivity contribution in [3.05, 3.63) is 33.6 Å². The molecule has 0 saturated heterocycles. The van der Waals surface area contributed by atoms with Gasteiger partial charge in [-0.25, -0.2) is 0 Å². The summed E-state index contributed by atoms with van der Waals surface area (Å²) < 4.78 is 12.7. The number of methoxy groups -OCH3 is 2. The third-order valence-electron chi connectivity index (χ3n) is 4.18. The van der Waals surface area contributed by atoms with Gasteiger partial charge >= 0.3 is 5.97 Å². The molecule has 0 aliphatic heterocycles. The lowest BCUT2D eigenvalue weighted by Gasteiger charge is -2.22. The number of pyridine rings is 1. The zero-order valence-electron chi connectivity index (χ0n) is 14.7. The molecule has 0 unspecified atom stereocenters. The maximum Gasteiger partial charge on any atom is 0.303 e. The lowest BCUT2D eigenvalue weighted by Crippen LogP contribution is -2.21. The van der Waals surface area contributed by atoms with Gasteiger partial charge in [-0.2, -0.15) is 0 Å². The molecule has 6 heteroatoms. The van der Waals surface area contributed by atoms with Crippen molar-refractivity contribution in [2.75, 3.05) is 14.2 Å². The second-order valence-electron chi connectivity index (χ2n) is 5.97. The quantitative estimate of drug-likeness (QED) is 0.879. The van der Waals surface area contributed by atoms with Crippen LogP contribution in [-0.4, -0.2) is 29.9 Å². The van der Waals surface area contributed by atoms with Crippen LogP contribution in [0.4, 0.5) is 0 Å². The number of carboxylic acids is 1. The molecule has 1 aromatic heterocycles. The zero-order valence-corrected chi connectivity index (χ0v) is 14.7. The molecule has 0 saturated carbocycles. The molecule has 0 radical (unpaired) electrons. The van der Waals surface area contributed by atoms with Gasteiger partial charge in [-0.15, -0.1) is 0 Å². The first-order valence-corrected chi connectivity index (χ1v) is 7.83. The Morgan fingerprint density at radius 3 is 2.29 bits per heavy atom. The second-order valence-corrected chi connectivity index (χ2v) is 5.97. The summed E-state index contributed by atoms with van der Waals surface area (Å²) in [7, 11) is 3.07. The number of carboxylic acid groups (broad SMARTS) is 1. The predicted molar refractivity (Wildman–Crippen MR) is 92.4 cm³/mol. The Morgan fingerprint density at radius 2 is 1.79 bits per heavy atom. The van der Waals surface area contributed by atoms with Gasteiger partial charge in [0.05, 0.1) is 19.7 Å². The number of hydrogen-bond acceptors (Lipinski definition) is 4. The van der Waals surface area contributed by atoms with Gasteiger partial charge < -0.3 is 19.1 Å². The third-order valence-corrected chi connectivity index (χ3v) is 4.18. The van der Waals surface area contributed by atoms with E-state index >= 15 is 0 Å². The van der Waals surface area contributed by atoms with E-state index in [-0.39, 0.29) is 24.3 Å². The van der Waals surface area contributed by atoms with Gasteiger partial charge in [0.15, 0.2) is 16.9 Å². The molecule has 0 bridgehead atoms. The molecule has 2 aromatic rings. The largest absolute Gasteiger partial charge is 0.493 e. The summed E-state index contributed by atoms with van der Waals surface area (Å²) in [5, 5.41) is 9.46. The van der Waals surface area contributed by atoms with Crippen LogP contribution in [0.5, 0.6) is 11.5 Å². The normalized spacial score (nSPS) is 11.1. The summed E-state index contributed by atoms with van der Waals surface area (Å²) in [6.07, 6.45) is 0.129. The van der Waals surface area contributed by atoms with Crippen LogP contribution in [0.1, 0.15) is 37.6 Å². The second kappa shape index (κ2) is 6.95. The van der Waals surface area contributed by atoms with Crippen molar-refractivity contribution in [1.82, 2.24) is 4.57 Å². The van der Waals surface area contributed by atoms with Crippen LogP contribution in [0.15, 0.2) is 16.9 Å². The SMILES string of the molecule is COc1cc2c(=O)c(CCC(=O)O)c(C)n(C(C)C)c2cc1OC. The molecule has 0 fully saturated rings.